The number of benzene rings is 2. The second kappa shape index (κ2) is 9.11. The average molecular weight is 460 g/mol. The molecule has 3 aromatic rings. The molecule has 0 fully saturated rings. The summed E-state index contributed by atoms with van der Waals surface area (Å²) in [5.74, 6) is 0.663. The Labute approximate surface area is 196 Å². The number of nitrogens with zero attached hydrogens (tertiary/aromatic N) is 1. The van der Waals surface area contributed by atoms with Gasteiger partial charge in [-0.05, 0) is 48.6 Å². The highest BCUT2D eigenvalue weighted by atomic mass is 32.1. The first-order valence-electron chi connectivity index (χ1n) is 11.0. The second-order valence-corrected chi connectivity index (χ2v) is 9.12. The summed E-state index contributed by atoms with van der Waals surface area (Å²) < 4.78 is 5.27. The fraction of sp³-hybridized carbons (Fsp3) is 0.231. The standard InChI is InChI=1S/C26H25N3O3S/c1-32-18-8-4-7-17(15-18)27-24(31)16-29-21-11-3-2-9-19(21)28-20-10-5-12-22(30)25(20)26(29)23-13-6-14-33-23/h2-4,6-9,11,13-15,26,28H,5,10,12,16H2,1H3,(H,27,31)/t26-/m0/s1. The molecule has 2 heterocycles. The quantitative estimate of drug-likeness (QED) is 0.536. The number of thiophene rings is 1. The molecule has 1 aliphatic carbocycles. The molecule has 5 rings (SSSR count). The van der Waals surface area contributed by atoms with Crippen LogP contribution in [-0.4, -0.2) is 25.3 Å². The van der Waals surface area contributed by atoms with E-state index in [4.69, 9.17) is 4.74 Å². The van der Waals surface area contributed by atoms with Crippen molar-refractivity contribution < 1.29 is 14.3 Å². The lowest BCUT2D eigenvalue weighted by molar-refractivity contribution is -0.117. The lowest BCUT2D eigenvalue weighted by atomic mass is 9.88. The molecule has 0 saturated heterocycles. The minimum atomic E-state index is -0.319. The van der Waals surface area contributed by atoms with Crippen molar-refractivity contribution in [3.8, 4) is 5.75 Å². The van der Waals surface area contributed by atoms with Crippen LogP contribution in [0, 0.1) is 0 Å². The summed E-state index contributed by atoms with van der Waals surface area (Å²) >= 11 is 1.61. The number of rotatable bonds is 5. The number of allylic oxidation sites excluding steroid dienone is 1. The van der Waals surface area contributed by atoms with E-state index in [1.54, 1.807) is 24.5 Å². The van der Waals surface area contributed by atoms with Crippen LogP contribution in [0.5, 0.6) is 5.75 Å². The molecule has 1 aromatic heterocycles. The largest absolute Gasteiger partial charge is 0.497 e. The summed E-state index contributed by atoms with van der Waals surface area (Å²) in [6, 6.07) is 19.0. The minimum Gasteiger partial charge on any atom is -0.497 e. The first kappa shape index (κ1) is 21.3. The van der Waals surface area contributed by atoms with Gasteiger partial charge >= 0.3 is 0 Å². The number of methoxy groups -OCH3 is 1. The van der Waals surface area contributed by atoms with Crippen molar-refractivity contribution in [2.45, 2.75) is 25.3 Å². The van der Waals surface area contributed by atoms with Crippen molar-refractivity contribution in [2.24, 2.45) is 0 Å². The molecule has 1 amide bonds. The Kier molecular flexibility index (Phi) is 5.88. The third-order valence-electron chi connectivity index (χ3n) is 6.02. The molecule has 7 heteroatoms. The van der Waals surface area contributed by atoms with Crippen molar-refractivity contribution in [1.82, 2.24) is 0 Å². The molecule has 168 valence electrons. The van der Waals surface area contributed by atoms with E-state index in [2.05, 4.69) is 15.5 Å². The summed E-state index contributed by atoms with van der Waals surface area (Å²) in [7, 11) is 1.60. The van der Waals surface area contributed by atoms with Crippen molar-refractivity contribution in [1.29, 1.82) is 0 Å². The van der Waals surface area contributed by atoms with E-state index in [9.17, 15) is 9.59 Å². The van der Waals surface area contributed by atoms with Gasteiger partial charge in [0.1, 0.15) is 5.75 Å². The van der Waals surface area contributed by atoms with Gasteiger partial charge in [0.05, 0.1) is 31.1 Å². The van der Waals surface area contributed by atoms with Crippen LogP contribution in [0.3, 0.4) is 0 Å². The highest BCUT2D eigenvalue weighted by Gasteiger charge is 2.37. The zero-order valence-corrected chi connectivity index (χ0v) is 19.2. The van der Waals surface area contributed by atoms with E-state index < -0.39 is 0 Å². The fourth-order valence-corrected chi connectivity index (χ4v) is 5.42. The number of anilines is 3. The maximum Gasteiger partial charge on any atom is 0.243 e. The molecule has 2 aromatic carbocycles. The molecule has 1 aliphatic heterocycles. The Morgan fingerprint density at radius 2 is 2.03 bits per heavy atom. The van der Waals surface area contributed by atoms with Crippen molar-refractivity contribution in [2.75, 3.05) is 29.2 Å². The van der Waals surface area contributed by atoms with Gasteiger partial charge in [-0.15, -0.1) is 11.3 Å². The normalized spacial score (nSPS) is 17.5. The molecule has 0 saturated carbocycles. The van der Waals surface area contributed by atoms with Crippen LogP contribution < -0.4 is 20.3 Å². The SMILES string of the molecule is COc1cccc(NC(=O)CN2c3ccccc3NC3=C(C(=O)CCC3)[C@@H]2c2cccs2)c1. The molecule has 1 atom stereocenters. The highest BCUT2D eigenvalue weighted by Crippen LogP contribution is 2.45. The smallest absolute Gasteiger partial charge is 0.243 e. The predicted molar refractivity (Wildman–Crippen MR) is 132 cm³/mol. The third kappa shape index (κ3) is 4.24. The summed E-state index contributed by atoms with van der Waals surface area (Å²) in [5, 5.41) is 8.53. The highest BCUT2D eigenvalue weighted by molar-refractivity contribution is 7.10. The fourth-order valence-electron chi connectivity index (χ4n) is 4.57. The zero-order valence-electron chi connectivity index (χ0n) is 18.3. The average Bonchev–Trinajstić information content (AvgIpc) is 3.31. The number of carbonyl (C=O) groups excluding carboxylic acids is 2. The Morgan fingerprint density at radius 3 is 2.85 bits per heavy atom. The topological polar surface area (TPSA) is 70.7 Å². The van der Waals surface area contributed by atoms with Gasteiger partial charge in [0.25, 0.3) is 0 Å². The molecule has 0 spiro atoms. The van der Waals surface area contributed by atoms with Gasteiger partial charge in [0.15, 0.2) is 5.78 Å². The third-order valence-corrected chi connectivity index (χ3v) is 6.95. The van der Waals surface area contributed by atoms with Gasteiger partial charge < -0.3 is 20.3 Å². The number of Topliss-reactive ketones (excluding diaryl/α,β-unsaturated/α-hetero) is 1. The summed E-state index contributed by atoms with van der Waals surface area (Å²) in [4.78, 5) is 29.5. The van der Waals surface area contributed by atoms with E-state index in [0.29, 0.717) is 17.9 Å². The number of fused-ring (bicyclic) bond motifs is 1. The molecule has 2 aliphatic rings. The molecule has 6 nitrogen and oxygen atoms in total. The van der Waals surface area contributed by atoms with Crippen molar-refractivity contribution in [3.63, 3.8) is 0 Å². The molecule has 0 bridgehead atoms. The summed E-state index contributed by atoms with van der Waals surface area (Å²) in [5.41, 5.74) is 4.22. The van der Waals surface area contributed by atoms with Crippen LogP contribution in [0.25, 0.3) is 0 Å². The molecule has 2 N–H and O–H groups in total. The van der Waals surface area contributed by atoms with Gasteiger partial charge in [-0.3, -0.25) is 9.59 Å². The van der Waals surface area contributed by atoms with Crippen LogP contribution in [0.4, 0.5) is 17.1 Å². The lowest BCUT2D eigenvalue weighted by Gasteiger charge is -2.34. The minimum absolute atomic E-state index is 0.0997. The van der Waals surface area contributed by atoms with Crippen LogP contribution in [0.1, 0.15) is 30.2 Å². The van der Waals surface area contributed by atoms with Gasteiger partial charge in [-0.2, -0.15) is 0 Å². The van der Waals surface area contributed by atoms with E-state index in [1.165, 1.54) is 0 Å². The maximum atomic E-state index is 13.2. The predicted octanol–water partition coefficient (Wildman–Crippen LogP) is 5.38. The number of amides is 1. The molecule has 33 heavy (non-hydrogen) atoms. The molecule has 0 radical (unpaired) electrons. The van der Waals surface area contributed by atoms with Crippen LogP contribution in [0.15, 0.2) is 77.3 Å². The molecular formula is C26H25N3O3S. The van der Waals surface area contributed by atoms with Gasteiger partial charge in [-0.25, -0.2) is 0 Å². The number of hydrogen-bond donors (Lipinski definition) is 2. The van der Waals surface area contributed by atoms with Crippen molar-refractivity contribution in [3.05, 3.63) is 82.2 Å². The van der Waals surface area contributed by atoms with Crippen molar-refractivity contribution >= 4 is 40.1 Å². The van der Waals surface area contributed by atoms with Crippen LogP contribution >= 0.6 is 11.3 Å². The first-order valence-corrected chi connectivity index (χ1v) is 11.9. The van der Waals surface area contributed by atoms with Gasteiger partial charge in [0, 0.05) is 34.3 Å². The second-order valence-electron chi connectivity index (χ2n) is 8.14. The number of hydrogen-bond acceptors (Lipinski definition) is 6. The number of para-hydroxylation sites is 2. The number of carbonyl (C=O) groups is 2. The molecule has 0 unspecified atom stereocenters. The Hall–Kier alpha value is -3.58. The Balaban J connectivity index is 1.56. The van der Waals surface area contributed by atoms with Gasteiger partial charge in [0.2, 0.25) is 5.91 Å². The molecular weight excluding hydrogens is 434 g/mol. The number of nitrogens with one attached hydrogen (secondary N) is 2. The Bertz CT molecular complexity index is 1220. The van der Waals surface area contributed by atoms with E-state index in [1.807, 2.05) is 60.0 Å². The van der Waals surface area contributed by atoms with Crippen LogP contribution in [0.2, 0.25) is 0 Å². The number of ketones is 1. The monoisotopic (exact) mass is 459 g/mol. The number of ether oxygens (including phenoxy) is 1. The zero-order chi connectivity index (χ0) is 22.8. The first-order chi connectivity index (χ1) is 16.1. The van der Waals surface area contributed by atoms with Crippen LogP contribution in [-0.2, 0) is 9.59 Å². The van der Waals surface area contributed by atoms with E-state index >= 15 is 0 Å². The van der Waals surface area contributed by atoms with E-state index in [-0.39, 0.29) is 24.3 Å². The summed E-state index contributed by atoms with van der Waals surface area (Å²) in [6.07, 6.45) is 2.18. The maximum absolute atomic E-state index is 13.2. The lowest BCUT2D eigenvalue weighted by Crippen LogP contribution is -2.38. The van der Waals surface area contributed by atoms with Gasteiger partial charge in [-0.1, -0.05) is 24.3 Å². The summed E-state index contributed by atoms with van der Waals surface area (Å²) in [6.45, 7) is 0.0997. The van der Waals surface area contributed by atoms with E-state index in [0.717, 1.165) is 40.4 Å². The Morgan fingerprint density at radius 1 is 1.15 bits per heavy atom.